The lowest BCUT2D eigenvalue weighted by molar-refractivity contribution is 0.352. The third-order valence-corrected chi connectivity index (χ3v) is 3.39. The molecule has 0 aliphatic rings. The van der Waals surface area contributed by atoms with Gasteiger partial charge in [-0.15, -0.1) is 0 Å². The summed E-state index contributed by atoms with van der Waals surface area (Å²) >= 11 is 0. The maximum atomic E-state index is 5.69. The molecule has 0 heterocycles. The molecule has 0 unspecified atom stereocenters. The van der Waals surface area contributed by atoms with Gasteiger partial charge < -0.3 is 38.1 Å². The SMILES string of the molecule is CC(C)(CN)CNCCNCCNCCNCCNCCN. The van der Waals surface area contributed by atoms with Crippen LogP contribution in [-0.2, 0) is 0 Å². The van der Waals surface area contributed by atoms with Crippen molar-refractivity contribution >= 4 is 0 Å². The fourth-order valence-corrected chi connectivity index (χ4v) is 1.81. The topological polar surface area (TPSA) is 112 Å². The van der Waals surface area contributed by atoms with Gasteiger partial charge in [0, 0.05) is 72.0 Å². The van der Waals surface area contributed by atoms with Crippen molar-refractivity contribution in [2.24, 2.45) is 16.9 Å². The highest BCUT2D eigenvalue weighted by Gasteiger charge is 2.13. The Kier molecular flexibility index (Phi) is 15.4. The summed E-state index contributed by atoms with van der Waals surface area (Å²) in [5, 5.41) is 16.9. The summed E-state index contributed by atoms with van der Waals surface area (Å²) in [5.41, 5.74) is 11.3. The molecule has 0 aliphatic carbocycles. The summed E-state index contributed by atoms with van der Waals surface area (Å²) in [5.74, 6) is 0. The summed E-state index contributed by atoms with van der Waals surface area (Å²) in [7, 11) is 0. The van der Waals surface area contributed by atoms with Crippen LogP contribution >= 0.6 is 0 Å². The Balaban J connectivity index is 3.06. The van der Waals surface area contributed by atoms with Gasteiger partial charge in [-0.3, -0.25) is 0 Å². The van der Waals surface area contributed by atoms with Crippen LogP contribution in [-0.4, -0.2) is 78.5 Å². The standard InChI is InChI=1S/C15H39N7/c1-15(2,13-17)14-22-12-11-21-10-9-20-8-7-19-6-5-18-4-3-16/h18-22H,3-14,16-17H2,1-2H3. The van der Waals surface area contributed by atoms with E-state index in [1.807, 2.05) is 0 Å². The maximum absolute atomic E-state index is 5.69. The predicted octanol–water partition coefficient (Wildman–Crippen LogP) is -2.12. The van der Waals surface area contributed by atoms with Gasteiger partial charge in [-0.1, -0.05) is 13.8 Å². The molecule has 0 spiro atoms. The van der Waals surface area contributed by atoms with Crippen LogP contribution in [0.15, 0.2) is 0 Å². The molecule has 0 saturated carbocycles. The third-order valence-electron chi connectivity index (χ3n) is 3.39. The Bertz CT molecular complexity index is 224. The fourth-order valence-electron chi connectivity index (χ4n) is 1.81. The molecule has 22 heavy (non-hydrogen) atoms. The quantitative estimate of drug-likeness (QED) is 0.154. The van der Waals surface area contributed by atoms with E-state index in [9.17, 15) is 0 Å². The summed E-state index contributed by atoms with van der Waals surface area (Å²) < 4.78 is 0. The molecule has 134 valence electrons. The molecule has 7 heteroatoms. The lowest BCUT2D eigenvalue weighted by atomic mass is 9.94. The summed E-state index contributed by atoms with van der Waals surface area (Å²) in [6.45, 7) is 15.6. The van der Waals surface area contributed by atoms with E-state index in [1.54, 1.807) is 0 Å². The second-order valence-electron chi connectivity index (χ2n) is 6.33. The van der Waals surface area contributed by atoms with Crippen LogP contribution in [0.4, 0.5) is 0 Å². The summed E-state index contributed by atoms with van der Waals surface area (Å²) in [6.07, 6.45) is 0. The van der Waals surface area contributed by atoms with Crippen LogP contribution in [0, 0.1) is 5.41 Å². The normalized spacial score (nSPS) is 12.0. The molecule has 0 aromatic heterocycles. The summed E-state index contributed by atoms with van der Waals surface area (Å²) in [4.78, 5) is 0. The van der Waals surface area contributed by atoms with E-state index in [4.69, 9.17) is 11.5 Å². The maximum Gasteiger partial charge on any atom is 0.00772 e. The van der Waals surface area contributed by atoms with Gasteiger partial charge in [0.05, 0.1) is 0 Å². The van der Waals surface area contributed by atoms with Crippen molar-refractivity contribution in [3.05, 3.63) is 0 Å². The van der Waals surface area contributed by atoms with Gasteiger partial charge in [-0.2, -0.15) is 0 Å². The van der Waals surface area contributed by atoms with Crippen molar-refractivity contribution in [1.82, 2.24) is 26.6 Å². The zero-order chi connectivity index (χ0) is 16.5. The zero-order valence-electron chi connectivity index (χ0n) is 14.6. The average Bonchev–Trinajstić information content (AvgIpc) is 2.51. The molecule has 7 nitrogen and oxygen atoms in total. The minimum Gasteiger partial charge on any atom is -0.330 e. The molecular formula is C15H39N7. The number of hydrogen-bond donors (Lipinski definition) is 7. The second kappa shape index (κ2) is 15.6. The van der Waals surface area contributed by atoms with Crippen molar-refractivity contribution in [3.8, 4) is 0 Å². The highest BCUT2D eigenvalue weighted by atomic mass is 15.0. The average molecular weight is 318 g/mol. The lowest BCUT2D eigenvalue weighted by Gasteiger charge is -2.22. The van der Waals surface area contributed by atoms with Crippen molar-refractivity contribution in [2.45, 2.75) is 13.8 Å². The summed E-state index contributed by atoms with van der Waals surface area (Å²) in [6, 6.07) is 0. The smallest absolute Gasteiger partial charge is 0.00772 e. The number of rotatable bonds is 17. The largest absolute Gasteiger partial charge is 0.330 e. The fraction of sp³-hybridized carbons (Fsp3) is 1.00. The Labute approximate surface area is 136 Å². The van der Waals surface area contributed by atoms with Crippen LogP contribution in [0.3, 0.4) is 0 Å². The van der Waals surface area contributed by atoms with Gasteiger partial charge in [0.25, 0.3) is 0 Å². The first kappa shape index (κ1) is 21.7. The van der Waals surface area contributed by atoms with Crippen LogP contribution in [0.1, 0.15) is 13.8 Å². The second-order valence-corrected chi connectivity index (χ2v) is 6.33. The first-order valence-corrected chi connectivity index (χ1v) is 8.56. The lowest BCUT2D eigenvalue weighted by Crippen LogP contribution is -2.39. The highest BCUT2D eigenvalue weighted by molar-refractivity contribution is 4.72. The molecule has 0 aliphatic heterocycles. The third kappa shape index (κ3) is 16.1. The van der Waals surface area contributed by atoms with Gasteiger partial charge in [0.1, 0.15) is 0 Å². The predicted molar refractivity (Wildman–Crippen MR) is 96.2 cm³/mol. The Morgan fingerprint density at radius 2 is 0.955 bits per heavy atom. The van der Waals surface area contributed by atoms with Gasteiger partial charge >= 0.3 is 0 Å². The Hall–Kier alpha value is -0.280. The van der Waals surface area contributed by atoms with Crippen LogP contribution in [0.25, 0.3) is 0 Å². The molecule has 0 fully saturated rings. The molecule has 9 N–H and O–H groups in total. The molecule has 0 saturated heterocycles. The van der Waals surface area contributed by atoms with Crippen molar-refractivity contribution < 1.29 is 0 Å². The first-order valence-electron chi connectivity index (χ1n) is 8.56. The van der Waals surface area contributed by atoms with Crippen LogP contribution < -0.4 is 38.1 Å². The first-order chi connectivity index (χ1) is 10.6. The minimum atomic E-state index is 0.189. The van der Waals surface area contributed by atoms with Crippen LogP contribution in [0.5, 0.6) is 0 Å². The molecule has 0 aromatic rings. The van der Waals surface area contributed by atoms with Crippen molar-refractivity contribution in [1.29, 1.82) is 0 Å². The van der Waals surface area contributed by atoms with Crippen LogP contribution in [0.2, 0.25) is 0 Å². The number of nitrogens with one attached hydrogen (secondary N) is 5. The van der Waals surface area contributed by atoms with E-state index >= 15 is 0 Å². The van der Waals surface area contributed by atoms with E-state index in [1.165, 1.54) is 0 Å². The van der Waals surface area contributed by atoms with E-state index in [2.05, 4.69) is 40.4 Å². The van der Waals surface area contributed by atoms with Gasteiger partial charge in [-0.05, 0) is 12.0 Å². The molecular weight excluding hydrogens is 278 g/mol. The highest BCUT2D eigenvalue weighted by Crippen LogP contribution is 2.09. The van der Waals surface area contributed by atoms with E-state index < -0.39 is 0 Å². The number of nitrogens with two attached hydrogens (primary N) is 2. The molecule has 0 aromatic carbocycles. The Morgan fingerprint density at radius 3 is 1.32 bits per heavy atom. The van der Waals surface area contributed by atoms with E-state index in [-0.39, 0.29) is 5.41 Å². The van der Waals surface area contributed by atoms with Gasteiger partial charge in [0.15, 0.2) is 0 Å². The monoisotopic (exact) mass is 317 g/mol. The van der Waals surface area contributed by atoms with Crippen molar-refractivity contribution in [3.63, 3.8) is 0 Å². The minimum absolute atomic E-state index is 0.189. The van der Waals surface area contributed by atoms with Crippen molar-refractivity contribution in [2.75, 3.05) is 78.5 Å². The molecule has 0 atom stereocenters. The number of hydrogen-bond acceptors (Lipinski definition) is 7. The van der Waals surface area contributed by atoms with Gasteiger partial charge in [-0.25, -0.2) is 0 Å². The Morgan fingerprint density at radius 1 is 0.591 bits per heavy atom. The molecule has 0 amide bonds. The molecule has 0 rings (SSSR count). The van der Waals surface area contributed by atoms with E-state index in [0.717, 1.165) is 65.4 Å². The molecule has 0 radical (unpaired) electrons. The van der Waals surface area contributed by atoms with E-state index in [0.29, 0.717) is 13.1 Å². The van der Waals surface area contributed by atoms with Gasteiger partial charge in [0.2, 0.25) is 0 Å². The molecule has 0 bridgehead atoms. The zero-order valence-corrected chi connectivity index (χ0v) is 14.6.